The lowest BCUT2D eigenvalue weighted by Crippen LogP contribution is -2.41. The van der Waals surface area contributed by atoms with Crippen LogP contribution >= 0.6 is 0 Å². The van der Waals surface area contributed by atoms with Crippen molar-refractivity contribution in [3.05, 3.63) is 60.2 Å². The normalized spacial score (nSPS) is 17.0. The van der Waals surface area contributed by atoms with Crippen LogP contribution in [0.25, 0.3) is 0 Å². The van der Waals surface area contributed by atoms with Gasteiger partial charge in [-0.3, -0.25) is 4.79 Å². The average molecular weight is 353 g/mol. The standard InChI is InChI=1S/C22H27NO3/c1-25-21-11-5-7-18(15-21)12-13-22(24)23-14-6-8-19(16-23)17-26-20-9-3-2-4-10-20/h2-5,7,9-11,15,19H,6,8,12-14,16-17H2,1H3. The molecule has 2 aromatic rings. The summed E-state index contributed by atoms with van der Waals surface area (Å²) in [6.07, 6.45) is 3.46. The van der Waals surface area contributed by atoms with E-state index in [1.165, 1.54) is 0 Å². The van der Waals surface area contributed by atoms with Gasteiger partial charge in [-0.15, -0.1) is 0 Å². The Morgan fingerprint density at radius 2 is 1.92 bits per heavy atom. The highest BCUT2D eigenvalue weighted by Crippen LogP contribution is 2.20. The lowest BCUT2D eigenvalue weighted by Gasteiger charge is -2.32. The summed E-state index contributed by atoms with van der Waals surface area (Å²) >= 11 is 0. The van der Waals surface area contributed by atoms with E-state index >= 15 is 0 Å². The molecule has 0 saturated carbocycles. The predicted octanol–water partition coefficient (Wildman–Crippen LogP) is 3.95. The van der Waals surface area contributed by atoms with Crippen LogP contribution in [-0.2, 0) is 11.2 Å². The zero-order chi connectivity index (χ0) is 18.2. The van der Waals surface area contributed by atoms with E-state index < -0.39 is 0 Å². The lowest BCUT2D eigenvalue weighted by atomic mass is 9.98. The number of hydrogen-bond donors (Lipinski definition) is 0. The van der Waals surface area contributed by atoms with Gasteiger partial charge in [-0.1, -0.05) is 30.3 Å². The Morgan fingerprint density at radius 3 is 2.73 bits per heavy atom. The quantitative estimate of drug-likeness (QED) is 0.757. The number of carbonyl (C=O) groups is 1. The van der Waals surface area contributed by atoms with Crippen molar-refractivity contribution in [3.8, 4) is 11.5 Å². The summed E-state index contributed by atoms with van der Waals surface area (Å²) in [6, 6.07) is 17.8. The first-order chi connectivity index (χ1) is 12.7. The number of piperidine rings is 1. The molecule has 0 radical (unpaired) electrons. The maximum atomic E-state index is 12.6. The Balaban J connectivity index is 1.46. The van der Waals surface area contributed by atoms with Gasteiger partial charge < -0.3 is 14.4 Å². The second kappa shape index (κ2) is 9.27. The van der Waals surface area contributed by atoms with E-state index in [0.717, 1.165) is 49.4 Å². The van der Waals surface area contributed by atoms with E-state index in [1.807, 2.05) is 59.5 Å². The van der Waals surface area contributed by atoms with E-state index in [0.29, 0.717) is 18.9 Å². The number of aryl methyl sites for hydroxylation is 1. The smallest absolute Gasteiger partial charge is 0.222 e. The van der Waals surface area contributed by atoms with Gasteiger partial charge in [0.2, 0.25) is 5.91 Å². The molecule has 1 heterocycles. The van der Waals surface area contributed by atoms with E-state index in [4.69, 9.17) is 9.47 Å². The van der Waals surface area contributed by atoms with Crippen LogP contribution in [0, 0.1) is 5.92 Å². The number of ether oxygens (including phenoxy) is 2. The van der Waals surface area contributed by atoms with Crippen molar-refractivity contribution >= 4 is 5.91 Å². The minimum Gasteiger partial charge on any atom is -0.497 e. The van der Waals surface area contributed by atoms with E-state index in [9.17, 15) is 4.79 Å². The molecule has 3 rings (SSSR count). The molecule has 138 valence electrons. The highest BCUT2D eigenvalue weighted by Gasteiger charge is 2.23. The summed E-state index contributed by atoms with van der Waals surface area (Å²) in [6.45, 7) is 2.33. The van der Waals surface area contributed by atoms with Crippen LogP contribution in [0.2, 0.25) is 0 Å². The molecule has 4 nitrogen and oxygen atoms in total. The van der Waals surface area contributed by atoms with E-state index in [2.05, 4.69) is 0 Å². The molecule has 0 aromatic heterocycles. The molecule has 1 unspecified atom stereocenters. The van der Waals surface area contributed by atoms with Crippen LogP contribution in [0.15, 0.2) is 54.6 Å². The van der Waals surface area contributed by atoms with Crippen molar-refractivity contribution in [1.82, 2.24) is 4.90 Å². The SMILES string of the molecule is COc1cccc(CCC(=O)N2CCCC(COc3ccccc3)C2)c1. The van der Waals surface area contributed by atoms with Crippen LogP contribution in [0.3, 0.4) is 0 Å². The first kappa shape index (κ1) is 18.3. The van der Waals surface area contributed by atoms with Gasteiger partial charge in [-0.25, -0.2) is 0 Å². The van der Waals surface area contributed by atoms with E-state index in [-0.39, 0.29) is 5.91 Å². The second-order valence-corrected chi connectivity index (χ2v) is 6.82. The van der Waals surface area contributed by atoms with Crippen molar-refractivity contribution in [2.45, 2.75) is 25.7 Å². The molecule has 0 aliphatic carbocycles. The predicted molar refractivity (Wildman–Crippen MR) is 103 cm³/mol. The number of rotatable bonds is 7. The number of para-hydroxylation sites is 1. The van der Waals surface area contributed by atoms with Gasteiger partial charge in [0.05, 0.1) is 13.7 Å². The molecule has 1 amide bonds. The van der Waals surface area contributed by atoms with Crippen molar-refractivity contribution < 1.29 is 14.3 Å². The van der Waals surface area contributed by atoms with Crippen LogP contribution in [0.4, 0.5) is 0 Å². The maximum Gasteiger partial charge on any atom is 0.222 e. The average Bonchev–Trinajstić information content (AvgIpc) is 2.71. The number of benzene rings is 2. The van der Waals surface area contributed by atoms with Gasteiger partial charge in [0.15, 0.2) is 0 Å². The van der Waals surface area contributed by atoms with Crippen LogP contribution in [0.5, 0.6) is 11.5 Å². The summed E-state index contributed by atoms with van der Waals surface area (Å²) in [7, 11) is 1.66. The Morgan fingerprint density at radius 1 is 1.12 bits per heavy atom. The zero-order valence-corrected chi connectivity index (χ0v) is 15.4. The summed E-state index contributed by atoms with van der Waals surface area (Å²) in [5.74, 6) is 2.38. The van der Waals surface area contributed by atoms with Crippen LogP contribution in [0.1, 0.15) is 24.8 Å². The lowest BCUT2D eigenvalue weighted by molar-refractivity contribution is -0.133. The summed E-state index contributed by atoms with van der Waals surface area (Å²) in [5.41, 5.74) is 1.14. The third-order valence-corrected chi connectivity index (χ3v) is 4.86. The molecular formula is C22H27NO3. The van der Waals surface area contributed by atoms with Crippen LogP contribution < -0.4 is 9.47 Å². The molecule has 4 heteroatoms. The molecule has 2 aromatic carbocycles. The number of amides is 1. The summed E-state index contributed by atoms with van der Waals surface area (Å²) in [4.78, 5) is 14.6. The van der Waals surface area contributed by atoms with Gasteiger partial charge in [0.1, 0.15) is 11.5 Å². The number of likely N-dealkylation sites (tertiary alicyclic amines) is 1. The minimum atomic E-state index is 0.234. The highest BCUT2D eigenvalue weighted by molar-refractivity contribution is 5.76. The Hall–Kier alpha value is -2.49. The molecule has 1 saturated heterocycles. The molecule has 0 bridgehead atoms. The molecule has 1 aliphatic heterocycles. The molecule has 1 atom stereocenters. The fourth-order valence-electron chi connectivity index (χ4n) is 3.40. The number of hydrogen-bond acceptors (Lipinski definition) is 3. The van der Waals surface area contributed by atoms with Gasteiger partial charge in [-0.05, 0) is 49.1 Å². The van der Waals surface area contributed by atoms with Gasteiger partial charge in [0, 0.05) is 25.4 Å². The molecule has 1 fully saturated rings. The first-order valence-corrected chi connectivity index (χ1v) is 9.33. The zero-order valence-electron chi connectivity index (χ0n) is 15.4. The van der Waals surface area contributed by atoms with Crippen LogP contribution in [-0.4, -0.2) is 37.6 Å². The maximum absolute atomic E-state index is 12.6. The first-order valence-electron chi connectivity index (χ1n) is 9.33. The molecule has 26 heavy (non-hydrogen) atoms. The summed E-state index contributed by atoms with van der Waals surface area (Å²) in [5, 5.41) is 0. The third-order valence-electron chi connectivity index (χ3n) is 4.86. The number of nitrogens with zero attached hydrogens (tertiary/aromatic N) is 1. The van der Waals surface area contributed by atoms with Gasteiger partial charge in [-0.2, -0.15) is 0 Å². The number of carbonyl (C=O) groups excluding carboxylic acids is 1. The fourth-order valence-corrected chi connectivity index (χ4v) is 3.40. The second-order valence-electron chi connectivity index (χ2n) is 6.82. The molecule has 0 N–H and O–H groups in total. The Kier molecular flexibility index (Phi) is 6.53. The largest absolute Gasteiger partial charge is 0.497 e. The van der Waals surface area contributed by atoms with Crippen molar-refractivity contribution in [3.63, 3.8) is 0 Å². The Labute approximate surface area is 155 Å². The molecule has 0 spiro atoms. The molecular weight excluding hydrogens is 326 g/mol. The third kappa shape index (κ3) is 5.25. The Bertz CT molecular complexity index is 702. The molecule has 1 aliphatic rings. The van der Waals surface area contributed by atoms with Crippen molar-refractivity contribution in [1.29, 1.82) is 0 Å². The fraction of sp³-hybridized carbons (Fsp3) is 0.409. The monoisotopic (exact) mass is 353 g/mol. The van der Waals surface area contributed by atoms with Gasteiger partial charge in [0.25, 0.3) is 0 Å². The topological polar surface area (TPSA) is 38.8 Å². The van der Waals surface area contributed by atoms with Crippen molar-refractivity contribution in [2.24, 2.45) is 5.92 Å². The van der Waals surface area contributed by atoms with Gasteiger partial charge >= 0.3 is 0 Å². The highest BCUT2D eigenvalue weighted by atomic mass is 16.5. The number of methoxy groups -OCH3 is 1. The summed E-state index contributed by atoms with van der Waals surface area (Å²) < 4.78 is 11.1. The minimum absolute atomic E-state index is 0.234. The van der Waals surface area contributed by atoms with E-state index in [1.54, 1.807) is 7.11 Å². The van der Waals surface area contributed by atoms with Crippen molar-refractivity contribution in [2.75, 3.05) is 26.8 Å².